The van der Waals surface area contributed by atoms with E-state index in [1.54, 1.807) is 9.80 Å². The first-order valence-corrected chi connectivity index (χ1v) is 7.32. The molecule has 2 aliphatic heterocycles. The van der Waals surface area contributed by atoms with Crippen LogP contribution in [-0.4, -0.2) is 73.2 Å². The van der Waals surface area contributed by atoms with Crippen LogP contribution in [-0.2, 0) is 9.53 Å². The van der Waals surface area contributed by atoms with Gasteiger partial charge in [0.25, 0.3) is 5.91 Å². The maximum Gasteiger partial charge on any atom is 0.317 e. The first-order chi connectivity index (χ1) is 9.65. The van der Waals surface area contributed by atoms with Gasteiger partial charge < -0.3 is 25.6 Å². The number of urea groups is 1. The minimum Gasteiger partial charge on any atom is -0.364 e. The number of hydrogen-bond donors (Lipinski definition) is 2. The Kier molecular flexibility index (Phi) is 7.21. The molecule has 0 saturated carbocycles. The molecule has 8 heteroatoms. The number of halogens is 1. The zero-order valence-corrected chi connectivity index (χ0v) is 13.2. The van der Waals surface area contributed by atoms with E-state index in [0.717, 1.165) is 12.8 Å². The number of rotatable bonds is 3. The molecule has 0 spiro atoms. The second kappa shape index (κ2) is 8.41. The second-order valence-electron chi connectivity index (χ2n) is 5.21. The highest BCUT2D eigenvalue weighted by atomic mass is 35.5. The summed E-state index contributed by atoms with van der Waals surface area (Å²) in [5, 5.41) is 2.77. The summed E-state index contributed by atoms with van der Waals surface area (Å²) in [6, 6.07) is -0.0556. The highest BCUT2D eigenvalue weighted by molar-refractivity contribution is 5.85. The van der Waals surface area contributed by atoms with Gasteiger partial charge in [-0.1, -0.05) is 0 Å². The Morgan fingerprint density at radius 3 is 2.33 bits per heavy atom. The molecule has 0 aromatic heterocycles. The third-order valence-electron chi connectivity index (χ3n) is 3.85. The third-order valence-corrected chi connectivity index (χ3v) is 3.85. The Labute approximate surface area is 131 Å². The van der Waals surface area contributed by atoms with Crippen molar-refractivity contribution in [1.29, 1.82) is 0 Å². The summed E-state index contributed by atoms with van der Waals surface area (Å²) in [4.78, 5) is 27.5. The second-order valence-corrected chi connectivity index (χ2v) is 5.21. The predicted molar refractivity (Wildman–Crippen MR) is 81.4 cm³/mol. The summed E-state index contributed by atoms with van der Waals surface area (Å²) in [6.07, 6.45) is 1.27. The number of nitrogens with one attached hydrogen (secondary N) is 1. The topological polar surface area (TPSA) is 87.9 Å². The standard InChI is InChI=1S/C13H24N4O3.ClH/c1-2-15-13(19)17-7-5-16(6-8-17)12(18)11-4-3-10(9-14)20-11;/h10-11H,2-9,14H2,1H3,(H,15,19);1H/t10-,11+;/m1./s1. The van der Waals surface area contributed by atoms with Crippen LogP contribution in [0.3, 0.4) is 0 Å². The number of amides is 3. The van der Waals surface area contributed by atoms with Crippen LogP contribution >= 0.6 is 12.4 Å². The lowest BCUT2D eigenvalue weighted by molar-refractivity contribution is -0.144. The van der Waals surface area contributed by atoms with E-state index in [2.05, 4.69) is 5.32 Å². The van der Waals surface area contributed by atoms with Crippen molar-refractivity contribution < 1.29 is 14.3 Å². The van der Waals surface area contributed by atoms with E-state index in [-0.39, 0.29) is 36.6 Å². The maximum absolute atomic E-state index is 12.3. The van der Waals surface area contributed by atoms with Gasteiger partial charge in [-0.2, -0.15) is 0 Å². The van der Waals surface area contributed by atoms with Gasteiger partial charge in [0.2, 0.25) is 0 Å². The van der Waals surface area contributed by atoms with Crippen LogP contribution < -0.4 is 11.1 Å². The van der Waals surface area contributed by atoms with Gasteiger partial charge in [0.05, 0.1) is 6.10 Å². The lowest BCUT2D eigenvalue weighted by atomic mass is 10.1. The van der Waals surface area contributed by atoms with Crippen LogP contribution in [0.1, 0.15) is 19.8 Å². The number of nitrogens with two attached hydrogens (primary N) is 1. The van der Waals surface area contributed by atoms with Crippen molar-refractivity contribution in [1.82, 2.24) is 15.1 Å². The van der Waals surface area contributed by atoms with E-state index in [4.69, 9.17) is 10.5 Å². The largest absolute Gasteiger partial charge is 0.364 e. The Balaban J connectivity index is 0.00000220. The highest BCUT2D eigenvalue weighted by Gasteiger charge is 2.34. The van der Waals surface area contributed by atoms with E-state index in [1.165, 1.54) is 0 Å². The molecule has 0 unspecified atom stereocenters. The molecule has 0 bridgehead atoms. The van der Waals surface area contributed by atoms with Crippen molar-refractivity contribution in [3.63, 3.8) is 0 Å². The zero-order chi connectivity index (χ0) is 14.5. The molecule has 0 aromatic rings. The smallest absolute Gasteiger partial charge is 0.317 e. The Morgan fingerprint density at radius 2 is 1.81 bits per heavy atom. The van der Waals surface area contributed by atoms with E-state index < -0.39 is 0 Å². The highest BCUT2D eigenvalue weighted by Crippen LogP contribution is 2.21. The molecule has 2 fully saturated rings. The van der Waals surface area contributed by atoms with Crippen LogP contribution in [0.4, 0.5) is 4.79 Å². The normalized spacial score (nSPS) is 25.4. The molecule has 0 radical (unpaired) electrons. The molecular weight excluding hydrogens is 296 g/mol. The van der Waals surface area contributed by atoms with Crippen molar-refractivity contribution in [2.45, 2.75) is 32.0 Å². The molecule has 122 valence electrons. The van der Waals surface area contributed by atoms with Crippen LogP contribution in [0.15, 0.2) is 0 Å². The molecule has 2 saturated heterocycles. The summed E-state index contributed by atoms with van der Waals surface area (Å²) < 4.78 is 5.63. The van der Waals surface area contributed by atoms with Crippen LogP contribution in [0.2, 0.25) is 0 Å². The van der Waals surface area contributed by atoms with E-state index in [0.29, 0.717) is 39.3 Å². The van der Waals surface area contributed by atoms with Crippen LogP contribution in [0.25, 0.3) is 0 Å². The van der Waals surface area contributed by atoms with E-state index >= 15 is 0 Å². The molecule has 21 heavy (non-hydrogen) atoms. The van der Waals surface area contributed by atoms with E-state index in [1.807, 2.05) is 6.92 Å². The van der Waals surface area contributed by atoms with E-state index in [9.17, 15) is 9.59 Å². The number of ether oxygens (including phenoxy) is 1. The fourth-order valence-electron chi connectivity index (χ4n) is 2.66. The SMILES string of the molecule is CCNC(=O)N1CCN(C(=O)[C@@H]2CC[C@H](CN)O2)CC1.Cl. The zero-order valence-electron chi connectivity index (χ0n) is 12.4. The molecule has 2 heterocycles. The monoisotopic (exact) mass is 320 g/mol. The Bertz CT molecular complexity index is 361. The fraction of sp³-hybridized carbons (Fsp3) is 0.846. The van der Waals surface area contributed by atoms with Gasteiger partial charge in [0.1, 0.15) is 6.10 Å². The van der Waals surface area contributed by atoms with Gasteiger partial charge in [0, 0.05) is 39.3 Å². The molecule has 3 N–H and O–H groups in total. The van der Waals surface area contributed by atoms with Crippen molar-refractivity contribution >= 4 is 24.3 Å². The summed E-state index contributed by atoms with van der Waals surface area (Å²) in [5.74, 6) is 0.0384. The number of hydrogen-bond acceptors (Lipinski definition) is 4. The van der Waals surface area contributed by atoms with Gasteiger partial charge >= 0.3 is 6.03 Å². The van der Waals surface area contributed by atoms with Gasteiger partial charge in [-0.05, 0) is 19.8 Å². The average molecular weight is 321 g/mol. The Hall–Kier alpha value is -1.05. The quantitative estimate of drug-likeness (QED) is 0.753. The van der Waals surface area contributed by atoms with Gasteiger partial charge in [-0.25, -0.2) is 4.79 Å². The average Bonchev–Trinajstić information content (AvgIpc) is 2.96. The first-order valence-electron chi connectivity index (χ1n) is 7.32. The van der Waals surface area contributed by atoms with Crippen molar-refractivity contribution in [2.75, 3.05) is 39.3 Å². The predicted octanol–water partition coefficient (Wildman–Crippen LogP) is -0.212. The summed E-state index contributed by atoms with van der Waals surface area (Å²) in [7, 11) is 0. The number of piperazine rings is 1. The number of carbonyl (C=O) groups excluding carboxylic acids is 2. The lowest BCUT2D eigenvalue weighted by Gasteiger charge is -2.35. The van der Waals surface area contributed by atoms with Crippen molar-refractivity contribution in [3.05, 3.63) is 0 Å². The van der Waals surface area contributed by atoms with Crippen molar-refractivity contribution in [2.24, 2.45) is 5.73 Å². The molecule has 2 aliphatic rings. The lowest BCUT2D eigenvalue weighted by Crippen LogP contribution is -2.54. The number of carbonyl (C=O) groups is 2. The van der Waals surface area contributed by atoms with Gasteiger partial charge in [0.15, 0.2) is 0 Å². The van der Waals surface area contributed by atoms with Crippen LogP contribution in [0, 0.1) is 0 Å². The minimum absolute atomic E-state index is 0. The molecule has 2 rings (SSSR count). The van der Waals surface area contributed by atoms with Gasteiger partial charge in [-0.3, -0.25) is 4.79 Å². The number of nitrogens with zero attached hydrogens (tertiary/aromatic N) is 2. The molecule has 2 atom stereocenters. The molecule has 3 amide bonds. The van der Waals surface area contributed by atoms with Crippen molar-refractivity contribution in [3.8, 4) is 0 Å². The van der Waals surface area contributed by atoms with Gasteiger partial charge in [-0.15, -0.1) is 12.4 Å². The fourth-order valence-corrected chi connectivity index (χ4v) is 2.66. The summed E-state index contributed by atoms with van der Waals surface area (Å²) in [6.45, 7) is 5.27. The molecule has 0 aromatic carbocycles. The van der Waals surface area contributed by atoms with Crippen LogP contribution in [0.5, 0.6) is 0 Å². The maximum atomic E-state index is 12.3. The molecule has 0 aliphatic carbocycles. The first kappa shape index (κ1) is 18.0. The molecular formula is C13H25ClN4O3. The molecule has 7 nitrogen and oxygen atoms in total. The summed E-state index contributed by atoms with van der Waals surface area (Å²) in [5.41, 5.74) is 5.55. The minimum atomic E-state index is -0.348. The summed E-state index contributed by atoms with van der Waals surface area (Å²) >= 11 is 0. The Morgan fingerprint density at radius 1 is 1.19 bits per heavy atom. The third kappa shape index (κ3) is 4.46.